The third kappa shape index (κ3) is 1.84. The highest BCUT2D eigenvalue weighted by molar-refractivity contribution is 7.09. The van der Waals surface area contributed by atoms with E-state index in [2.05, 4.69) is 0 Å². The average Bonchev–Trinajstić information content (AvgIpc) is 2.40. The lowest BCUT2D eigenvalue weighted by Crippen LogP contribution is -2.13. The van der Waals surface area contributed by atoms with Crippen molar-refractivity contribution in [3.05, 3.63) is 22.4 Å². The molecule has 0 saturated heterocycles. The maximum absolute atomic E-state index is 10.2. The predicted octanol–water partition coefficient (Wildman–Crippen LogP) is 1.34. The van der Waals surface area contributed by atoms with Crippen molar-refractivity contribution >= 4 is 17.7 Å². The normalized spacial score (nSPS) is 9.30. The van der Waals surface area contributed by atoms with Crippen LogP contribution in [-0.4, -0.2) is 18.4 Å². The second kappa shape index (κ2) is 3.37. The number of rotatable bonds is 3. The molecule has 1 heterocycles. The molecule has 0 aliphatic carbocycles. The molecule has 3 heteroatoms. The van der Waals surface area contributed by atoms with Gasteiger partial charge in [-0.05, 0) is 11.4 Å². The summed E-state index contributed by atoms with van der Waals surface area (Å²) in [7, 11) is 1.77. The summed E-state index contributed by atoms with van der Waals surface area (Å²) in [5.41, 5.74) is 0. The maximum atomic E-state index is 10.2. The van der Waals surface area contributed by atoms with Crippen molar-refractivity contribution < 1.29 is 4.79 Å². The van der Waals surface area contributed by atoms with Crippen LogP contribution in [0.25, 0.3) is 0 Å². The molecule has 2 nitrogen and oxygen atoms in total. The highest BCUT2D eigenvalue weighted by atomic mass is 32.1. The van der Waals surface area contributed by atoms with Crippen molar-refractivity contribution in [2.75, 3.05) is 7.05 Å². The van der Waals surface area contributed by atoms with Gasteiger partial charge in [-0.3, -0.25) is 4.79 Å². The molecule has 0 spiro atoms. The number of amides is 1. The van der Waals surface area contributed by atoms with Gasteiger partial charge in [0.15, 0.2) is 0 Å². The summed E-state index contributed by atoms with van der Waals surface area (Å²) in [6, 6.07) is 4.00. The molecule has 0 aliphatic heterocycles. The summed E-state index contributed by atoms with van der Waals surface area (Å²) >= 11 is 1.67. The van der Waals surface area contributed by atoms with Gasteiger partial charge in [-0.25, -0.2) is 0 Å². The number of thiophene rings is 1. The highest BCUT2D eigenvalue weighted by Crippen LogP contribution is 2.09. The minimum absolute atomic E-state index is 0.723. The standard InChI is InChI=1S/C7H9NOS/c1-8(6-9)5-7-3-2-4-10-7/h2-4,6H,5H2,1H3. The van der Waals surface area contributed by atoms with E-state index in [1.54, 1.807) is 23.3 Å². The van der Waals surface area contributed by atoms with Crippen molar-refractivity contribution in [2.24, 2.45) is 0 Å². The van der Waals surface area contributed by atoms with Gasteiger partial charge in [-0.15, -0.1) is 11.3 Å². The predicted molar refractivity (Wildman–Crippen MR) is 41.9 cm³/mol. The van der Waals surface area contributed by atoms with Crippen LogP contribution in [0.1, 0.15) is 4.88 Å². The Kier molecular flexibility index (Phi) is 2.45. The van der Waals surface area contributed by atoms with Gasteiger partial charge in [0, 0.05) is 11.9 Å². The minimum Gasteiger partial charge on any atom is -0.343 e. The number of carbonyl (C=O) groups excluding carboxylic acids is 1. The largest absolute Gasteiger partial charge is 0.343 e. The van der Waals surface area contributed by atoms with Gasteiger partial charge in [0.25, 0.3) is 0 Å². The maximum Gasteiger partial charge on any atom is 0.209 e. The van der Waals surface area contributed by atoms with Crippen LogP contribution < -0.4 is 0 Å². The first-order chi connectivity index (χ1) is 4.83. The average molecular weight is 155 g/mol. The summed E-state index contributed by atoms with van der Waals surface area (Å²) < 4.78 is 0. The summed E-state index contributed by atoms with van der Waals surface area (Å²) in [6.07, 6.45) is 0.833. The molecule has 54 valence electrons. The van der Waals surface area contributed by atoms with Crippen molar-refractivity contribution in [1.29, 1.82) is 0 Å². The molecule has 1 amide bonds. The van der Waals surface area contributed by atoms with Gasteiger partial charge in [-0.1, -0.05) is 6.07 Å². The van der Waals surface area contributed by atoms with E-state index in [0.717, 1.165) is 13.0 Å². The molecule has 1 rings (SSSR count). The second-order valence-electron chi connectivity index (χ2n) is 2.10. The monoisotopic (exact) mass is 155 g/mol. The molecule has 0 unspecified atom stereocenters. The molecular formula is C7H9NOS. The van der Waals surface area contributed by atoms with E-state index < -0.39 is 0 Å². The Balaban J connectivity index is 2.47. The van der Waals surface area contributed by atoms with Gasteiger partial charge in [0.2, 0.25) is 6.41 Å². The Morgan fingerprint density at radius 3 is 3.10 bits per heavy atom. The topological polar surface area (TPSA) is 20.3 Å². The quantitative estimate of drug-likeness (QED) is 0.603. The Hall–Kier alpha value is -0.830. The summed E-state index contributed by atoms with van der Waals surface area (Å²) in [5.74, 6) is 0. The SMILES string of the molecule is CN(C=O)Cc1cccs1. The first-order valence-corrected chi connectivity index (χ1v) is 3.89. The molecule has 0 N–H and O–H groups in total. The zero-order valence-corrected chi connectivity index (χ0v) is 6.60. The van der Waals surface area contributed by atoms with Crippen LogP contribution in [0.5, 0.6) is 0 Å². The van der Waals surface area contributed by atoms with Crippen molar-refractivity contribution in [3.8, 4) is 0 Å². The first-order valence-electron chi connectivity index (χ1n) is 3.01. The molecule has 10 heavy (non-hydrogen) atoms. The zero-order chi connectivity index (χ0) is 7.40. The number of hydrogen-bond donors (Lipinski definition) is 0. The molecule has 0 fully saturated rings. The molecular weight excluding hydrogens is 146 g/mol. The van der Waals surface area contributed by atoms with Gasteiger partial charge in [0.05, 0.1) is 6.54 Å². The zero-order valence-electron chi connectivity index (χ0n) is 5.78. The molecule has 0 atom stereocenters. The fraction of sp³-hybridized carbons (Fsp3) is 0.286. The van der Waals surface area contributed by atoms with Crippen molar-refractivity contribution in [3.63, 3.8) is 0 Å². The first kappa shape index (κ1) is 7.28. The lowest BCUT2D eigenvalue weighted by molar-refractivity contribution is -0.117. The van der Waals surface area contributed by atoms with Crippen molar-refractivity contribution in [2.45, 2.75) is 6.54 Å². The fourth-order valence-corrected chi connectivity index (χ4v) is 1.45. The lowest BCUT2D eigenvalue weighted by Gasteiger charge is -2.06. The van der Waals surface area contributed by atoms with E-state index in [9.17, 15) is 4.79 Å². The van der Waals surface area contributed by atoms with E-state index in [0.29, 0.717) is 0 Å². The van der Waals surface area contributed by atoms with Gasteiger partial charge < -0.3 is 4.90 Å². The molecule has 0 saturated carbocycles. The summed E-state index contributed by atoms with van der Waals surface area (Å²) in [5, 5.41) is 2.01. The van der Waals surface area contributed by atoms with Crippen LogP contribution in [0.15, 0.2) is 17.5 Å². The molecule has 0 radical (unpaired) electrons. The Morgan fingerprint density at radius 1 is 1.80 bits per heavy atom. The Labute approximate surface area is 64.1 Å². The van der Waals surface area contributed by atoms with Gasteiger partial charge in [0.1, 0.15) is 0 Å². The summed E-state index contributed by atoms with van der Waals surface area (Å²) in [6.45, 7) is 0.723. The van der Waals surface area contributed by atoms with Crippen LogP contribution in [0.4, 0.5) is 0 Å². The van der Waals surface area contributed by atoms with Crippen LogP contribution in [-0.2, 0) is 11.3 Å². The van der Waals surface area contributed by atoms with E-state index >= 15 is 0 Å². The van der Waals surface area contributed by atoms with Crippen LogP contribution in [0.3, 0.4) is 0 Å². The van der Waals surface area contributed by atoms with Crippen molar-refractivity contribution in [1.82, 2.24) is 4.90 Å². The Bertz CT molecular complexity index is 195. The van der Waals surface area contributed by atoms with E-state index in [-0.39, 0.29) is 0 Å². The second-order valence-corrected chi connectivity index (χ2v) is 3.13. The fourth-order valence-electron chi connectivity index (χ4n) is 0.686. The molecule has 0 aliphatic rings. The molecule has 1 aromatic heterocycles. The third-order valence-electron chi connectivity index (χ3n) is 1.17. The van der Waals surface area contributed by atoms with Crippen LogP contribution >= 0.6 is 11.3 Å². The van der Waals surface area contributed by atoms with Crippen LogP contribution in [0.2, 0.25) is 0 Å². The van der Waals surface area contributed by atoms with E-state index in [1.165, 1.54) is 4.88 Å². The lowest BCUT2D eigenvalue weighted by atomic mass is 10.4. The number of nitrogens with zero attached hydrogens (tertiary/aromatic N) is 1. The molecule has 0 bridgehead atoms. The van der Waals surface area contributed by atoms with Crippen LogP contribution in [0, 0.1) is 0 Å². The molecule has 0 aromatic carbocycles. The molecule has 1 aromatic rings. The Morgan fingerprint density at radius 2 is 2.60 bits per heavy atom. The van der Waals surface area contributed by atoms with E-state index in [1.807, 2.05) is 17.5 Å². The minimum atomic E-state index is 0.723. The van der Waals surface area contributed by atoms with E-state index in [4.69, 9.17) is 0 Å². The smallest absolute Gasteiger partial charge is 0.209 e. The van der Waals surface area contributed by atoms with Gasteiger partial charge in [-0.2, -0.15) is 0 Å². The number of carbonyl (C=O) groups is 1. The third-order valence-corrected chi connectivity index (χ3v) is 2.03. The summed E-state index contributed by atoms with van der Waals surface area (Å²) in [4.78, 5) is 13.0. The number of hydrogen-bond acceptors (Lipinski definition) is 2. The highest BCUT2D eigenvalue weighted by Gasteiger charge is 1.95. The van der Waals surface area contributed by atoms with Gasteiger partial charge >= 0.3 is 0 Å².